The molecule has 0 radical (unpaired) electrons. The standard InChI is InChI=1S/C11H17N3O/c1-8-5-3-4-6-14(8)10-7-11(15)13-9(2)12-10/h7-8H,3-6H2,1-2H3,(H,12,13,15). The van der Waals surface area contributed by atoms with Gasteiger partial charge in [-0.3, -0.25) is 4.79 Å². The molecule has 0 aromatic carbocycles. The van der Waals surface area contributed by atoms with Crippen LogP contribution >= 0.6 is 0 Å². The molecule has 1 N–H and O–H groups in total. The van der Waals surface area contributed by atoms with Gasteiger partial charge in [0, 0.05) is 18.7 Å². The molecule has 1 atom stereocenters. The molecule has 0 spiro atoms. The highest BCUT2D eigenvalue weighted by Gasteiger charge is 2.19. The number of hydrogen-bond acceptors (Lipinski definition) is 3. The van der Waals surface area contributed by atoms with Crippen LogP contribution in [0.5, 0.6) is 0 Å². The molecule has 1 aromatic heterocycles. The van der Waals surface area contributed by atoms with E-state index in [-0.39, 0.29) is 5.56 Å². The van der Waals surface area contributed by atoms with E-state index in [0.717, 1.165) is 12.4 Å². The average Bonchev–Trinajstić information content (AvgIpc) is 2.16. The number of aryl methyl sites for hydroxylation is 1. The van der Waals surface area contributed by atoms with Crippen LogP contribution < -0.4 is 10.5 Å². The molecular weight excluding hydrogens is 190 g/mol. The van der Waals surface area contributed by atoms with Crippen molar-refractivity contribution in [1.29, 1.82) is 0 Å². The molecule has 4 nitrogen and oxygen atoms in total. The molecule has 4 heteroatoms. The normalized spacial score (nSPS) is 21.7. The van der Waals surface area contributed by atoms with Crippen molar-refractivity contribution < 1.29 is 0 Å². The Morgan fingerprint density at radius 3 is 3.00 bits per heavy atom. The summed E-state index contributed by atoms with van der Waals surface area (Å²) in [7, 11) is 0. The van der Waals surface area contributed by atoms with Gasteiger partial charge in [0.1, 0.15) is 11.6 Å². The third-order valence-electron chi connectivity index (χ3n) is 2.94. The third-order valence-corrected chi connectivity index (χ3v) is 2.94. The van der Waals surface area contributed by atoms with E-state index in [4.69, 9.17) is 0 Å². The predicted molar refractivity (Wildman–Crippen MR) is 60.3 cm³/mol. The Kier molecular flexibility index (Phi) is 2.75. The van der Waals surface area contributed by atoms with Crippen LogP contribution in [0.3, 0.4) is 0 Å². The van der Waals surface area contributed by atoms with Gasteiger partial charge >= 0.3 is 0 Å². The topological polar surface area (TPSA) is 49.0 Å². The van der Waals surface area contributed by atoms with E-state index < -0.39 is 0 Å². The highest BCUT2D eigenvalue weighted by Crippen LogP contribution is 2.21. The number of piperidine rings is 1. The Hall–Kier alpha value is -1.32. The van der Waals surface area contributed by atoms with E-state index in [2.05, 4.69) is 21.8 Å². The van der Waals surface area contributed by atoms with Gasteiger partial charge < -0.3 is 9.88 Å². The maximum atomic E-state index is 11.3. The molecule has 0 bridgehead atoms. The van der Waals surface area contributed by atoms with Gasteiger partial charge in [-0.15, -0.1) is 0 Å². The molecular formula is C11H17N3O. The first kappa shape index (κ1) is 10.2. The van der Waals surface area contributed by atoms with E-state index in [1.807, 2.05) is 6.92 Å². The van der Waals surface area contributed by atoms with Crippen molar-refractivity contribution in [2.45, 2.75) is 39.2 Å². The van der Waals surface area contributed by atoms with Crippen molar-refractivity contribution in [3.05, 3.63) is 22.2 Å². The second-order valence-corrected chi connectivity index (χ2v) is 4.23. The summed E-state index contributed by atoms with van der Waals surface area (Å²) >= 11 is 0. The molecule has 2 heterocycles. The quantitative estimate of drug-likeness (QED) is 0.758. The fourth-order valence-electron chi connectivity index (χ4n) is 2.15. The molecule has 1 unspecified atom stereocenters. The highest BCUT2D eigenvalue weighted by molar-refractivity contribution is 5.39. The first-order valence-corrected chi connectivity index (χ1v) is 5.51. The molecule has 0 aliphatic carbocycles. The van der Waals surface area contributed by atoms with Crippen molar-refractivity contribution in [2.75, 3.05) is 11.4 Å². The minimum absolute atomic E-state index is 0.0599. The zero-order valence-corrected chi connectivity index (χ0v) is 9.29. The van der Waals surface area contributed by atoms with Gasteiger partial charge in [0.05, 0.1) is 0 Å². The fourth-order valence-corrected chi connectivity index (χ4v) is 2.15. The van der Waals surface area contributed by atoms with Crippen molar-refractivity contribution >= 4 is 5.82 Å². The Morgan fingerprint density at radius 1 is 1.53 bits per heavy atom. The average molecular weight is 207 g/mol. The number of nitrogens with zero attached hydrogens (tertiary/aromatic N) is 2. The summed E-state index contributed by atoms with van der Waals surface area (Å²) in [6.07, 6.45) is 3.66. The Bertz CT molecular complexity index is 399. The Balaban J connectivity index is 2.31. The number of aromatic nitrogens is 2. The lowest BCUT2D eigenvalue weighted by molar-refractivity contribution is 0.480. The summed E-state index contributed by atoms with van der Waals surface area (Å²) in [6, 6.07) is 2.09. The van der Waals surface area contributed by atoms with Gasteiger partial charge in [0.15, 0.2) is 0 Å². The number of nitrogens with one attached hydrogen (secondary N) is 1. The van der Waals surface area contributed by atoms with E-state index in [1.165, 1.54) is 19.3 Å². The minimum Gasteiger partial charge on any atom is -0.354 e. The van der Waals surface area contributed by atoms with Crippen molar-refractivity contribution in [3.8, 4) is 0 Å². The molecule has 1 aliphatic rings. The number of anilines is 1. The monoisotopic (exact) mass is 207 g/mol. The summed E-state index contributed by atoms with van der Waals surface area (Å²) in [4.78, 5) is 20.6. The molecule has 1 fully saturated rings. The van der Waals surface area contributed by atoms with E-state index >= 15 is 0 Å². The summed E-state index contributed by atoms with van der Waals surface area (Å²) in [5.41, 5.74) is -0.0599. The lowest BCUT2D eigenvalue weighted by Crippen LogP contribution is -2.38. The molecule has 0 saturated carbocycles. The lowest BCUT2D eigenvalue weighted by Gasteiger charge is -2.34. The summed E-state index contributed by atoms with van der Waals surface area (Å²) in [5.74, 6) is 1.51. The fraction of sp³-hybridized carbons (Fsp3) is 0.636. The summed E-state index contributed by atoms with van der Waals surface area (Å²) in [5, 5.41) is 0. The van der Waals surface area contributed by atoms with Crippen LogP contribution in [0.25, 0.3) is 0 Å². The van der Waals surface area contributed by atoms with Crippen LogP contribution in [0.4, 0.5) is 5.82 Å². The highest BCUT2D eigenvalue weighted by atomic mass is 16.1. The van der Waals surface area contributed by atoms with Gasteiger partial charge in [0.2, 0.25) is 0 Å². The summed E-state index contributed by atoms with van der Waals surface area (Å²) < 4.78 is 0. The van der Waals surface area contributed by atoms with Crippen LogP contribution in [0.15, 0.2) is 10.9 Å². The third kappa shape index (κ3) is 2.19. The van der Waals surface area contributed by atoms with Crippen molar-refractivity contribution in [2.24, 2.45) is 0 Å². The summed E-state index contributed by atoms with van der Waals surface area (Å²) in [6.45, 7) is 5.02. The van der Waals surface area contributed by atoms with Crippen molar-refractivity contribution in [3.63, 3.8) is 0 Å². The SMILES string of the molecule is Cc1nc(N2CCCCC2C)cc(=O)[nH]1. The van der Waals surface area contributed by atoms with Crippen LogP contribution in [0, 0.1) is 6.92 Å². The van der Waals surface area contributed by atoms with E-state index in [0.29, 0.717) is 11.9 Å². The number of aromatic amines is 1. The lowest BCUT2D eigenvalue weighted by atomic mass is 10.0. The number of rotatable bonds is 1. The predicted octanol–water partition coefficient (Wildman–Crippen LogP) is 1.46. The van der Waals surface area contributed by atoms with Crippen LogP contribution in [-0.4, -0.2) is 22.6 Å². The minimum atomic E-state index is -0.0599. The molecule has 15 heavy (non-hydrogen) atoms. The van der Waals surface area contributed by atoms with E-state index in [9.17, 15) is 4.79 Å². The van der Waals surface area contributed by atoms with Gasteiger partial charge in [-0.25, -0.2) is 4.98 Å². The van der Waals surface area contributed by atoms with Crippen LogP contribution in [0.1, 0.15) is 32.0 Å². The smallest absolute Gasteiger partial charge is 0.252 e. The van der Waals surface area contributed by atoms with Crippen molar-refractivity contribution in [1.82, 2.24) is 9.97 Å². The number of hydrogen-bond donors (Lipinski definition) is 1. The Morgan fingerprint density at radius 2 is 2.33 bits per heavy atom. The molecule has 2 rings (SSSR count). The largest absolute Gasteiger partial charge is 0.354 e. The first-order valence-electron chi connectivity index (χ1n) is 5.51. The van der Waals surface area contributed by atoms with Crippen LogP contribution in [-0.2, 0) is 0 Å². The second-order valence-electron chi connectivity index (χ2n) is 4.23. The molecule has 1 aliphatic heterocycles. The first-order chi connectivity index (χ1) is 7.16. The molecule has 82 valence electrons. The number of H-pyrrole nitrogens is 1. The van der Waals surface area contributed by atoms with Gasteiger partial charge in [-0.1, -0.05) is 0 Å². The van der Waals surface area contributed by atoms with Gasteiger partial charge in [-0.05, 0) is 33.1 Å². The van der Waals surface area contributed by atoms with E-state index in [1.54, 1.807) is 6.07 Å². The van der Waals surface area contributed by atoms with Gasteiger partial charge in [-0.2, -0.15) is 0 Å². The zero-order valence-electron chi connectivity index (χ0n) is 9.29. The Labute approximate surface area is 89.3 Å². The molecule has 0 amide bonds. The van der Waals surface area contributed by atoms with Gasteiger partial charge in [0.25, 0.3) is 5.56 Å². The maximum absolute atomic E-state index is 11.3. The van der Waals surface area contributed by atoms with Crippen LogP contribution in [0.2, 0.25) is 0 Å². The molecule has 1 saturated heterocycles. The maximum Gasteiger partial charge on any atom is 0.252 e. The second kappa shape index (κ2) is 4.04. The molecule has 1 aromatic rings. The zero-order chi connectivity index (χ0) is 10.8.